The van der Waals surface area contributed by atoms with Gasteiger partial charge < -0.3 is 9.47 Å². The second-order valence-corrected chi connectivity index (χ2v) is 7.03. The fraction of sp³-hybridized carbons (Fsp3) is 0.214. The van der Waals surface area contributed by atoms with Gasteiger partial charge in [0.15, 0.2) is 16.6 Å². The first-order chi connectivity index (χ1) is 10.6. The van der Waals surface area contributed by atoms with Crippen LogP contribution in [0.1, 0.15) is 20.4 Å². The maximum absolute atomic E-state index is 12.3. The summed E-state index contributed by atoms with van der Waals surface area (Å²) in [6.45, 7) is 3.95. The average molecular weight is 333 g/mol. The number of anilines is 1. The highest BCUT2D eigenvalue weighted by Crippen LogP contribution is 2.39. The number of hydrogen-bond donors (Lipinski definition) is 1. The SMILES string of the molecule is Cc1nc(C)c(C(=O)Nc2nc3cc4c(cc3s2)OCO4)s1. The van der Waals surface area contributed by atoms with Gasteiger partial charge in [0.25, 0.3) is 5.91 Å². The van der Waals surface area contributed by atoms with E-state index in [-0.39, 0.29) is 12.7 Å². The third-order valence-corrected chi connectivity index (χ3v) is 5.22. The van der Waals surface area contributed by atoms with Gasteiger partial charge in [-0.2, -0.15) is 0 Å². The summed E-state index contributed by atoms with van der Waals surface area (Å²) in [5.41, 5.74) is 1.52. The fourth-order valence-electron chi connectivity index (χ4n) is 2.27. The molecule has 8 heteroatoms. The van der Waals surface area contributed by atoms with E-state index in [0.717, 1.165) is 20.9 Å². The van der Waals surface area contributed by atoms with E-state index in [2.05, 4.69) is 15.3 Å². The number of rotatable bonds is 2. The number of fused-ring (bicyclic) bond motifs is 2. The number of benzene rings is 1. The van der Waals surface area contributed by atoms with Gasteiger partial charge in [0.1, 0.15) is 4.88 Å². The molecule has 0 fully saturated rings. The average Bonchev–Trinajstić information content (AvgIpc) is 3.13. The Hall–Kier alpha value is -2.19. The molecule has 0 saturated carbocycles. The zero-order valence-electron chi connectivity index (χ0n) is 11.8. The van der Waals surface area contributed by atoms with Crippen LogP contribution >= 0.6 is 22.7 Å². The van der Waals surface area contributed by atoms with E-state index in [1.54, 1.807) is 0 Å². The lowest BCUT2D eigenvalue weighted by Crippen LogP contribution is -2.11. The van der Waals surface area contributed by atoms with E-state index in [1.165, 1.54) is 22.7 Å². The Balaban J connectivity index is 1.64. The van der Waals surface area contributed by atoms with Crippen molar-refractivity contribution in [2.24, 2.45) is 0 Å². The Morgan fingerprint density at radius 1 is 1.18 bits per heavy atom. The zero-order chi connectivity index (χ0) is 15.3. The van der Waals surface area contributed by atoms with E-state index >= 15 is 0 Å². The Morgan fingerprint density at radius 3 is 2.68 bits per heavy atom. The summed E-state index contributed by atoms with van der Waals surface area (Å²) < 4.78 is 11.6. The van der Waals surface area contributed by atoms with Crippen molar-refractivity contribution >= 4 is 43.9 Å². The smallest absolute Gasteiger partial charge is 0.269 e. The van der Waals surface area contributed by atoms with Crippen LogP contribution in [0, 0.1) is 13.8 Å². The van der Waals surface area contributed by atoms with Crippen molar-refractivity contribution in [3.8, 4) is 11.5 Å². The Morgan fingerprint density at radius 2 is 1.95 bits per heavy atom. The van der Waals surface area contributed by atoms with Gasteiger partial charge in [-0.05, 0) is 13.8 Å². The molecule has 0 unspecified atom stereocenters. The monoisotopic (exact) mass is 333 g/mol. The summed E-state index contributed by atoms with van der Waals surface area (Å²) in [5, 5.41) is 4.26. The highest BCUT2D eigenvalue weighted by Gasteiger charge is 2.19. The summed E-state index contributed by atoms with van der Waals surface area (Å²) in [7, 11) is 0. The lowest BCUT2D eigenvalue weighted by molar-refractivity contribution is 0.103. The first-order valence-electron chi connectivity index (χ1n) is 6.56. The van der Waals surface area contributed by atoms with Gasteiger partial charge in [-0.3, -0.25) is 10.1 Å². The molecule has 6 nitrogen and oxygen atoms in total. The second-order valence-electron chi connectivity index (χ2n) is 4.79. The number of hydrogen-bond acceptors (Lipinski definition) is 7. The molecule has 1 amide bonds. The third-order valence-electron chi connectivity index (χ3n) is 3.21. The van der Waals surface area contributed by atoms with Crippen molar-refractivity contribution in [1.82, 2.24) is 9.97 Å². The van der Waals surface area contributed by atoms with Gasteiger partial charge in [0, 0.05) is 12.1 Å². The van der Waals surface area contributed by atoms with Crippen LogP contribution in [0.4, 0.5) is 5.13 Å². The molecule has 0 atom stereocenters. The minimum atomic E-state index is -0.179. The summed E-state index contributed by atoms with van der Waals surface area (Å²) >= 11 is 2.78. The number of aromatic nitrogens is 2. The predicted molar refractivity (Wildman–Crippen MR) is 85.3 cm³/mol. The lowest BCUT2D eigenvalue weighted by Gasteiger charge is -1.98. The van der Waals surface area contributed by atoms with E-state index in [1.807, 2.05) is 26.0 Å². The second kappa shape index (κ2) is 4.92. The van der Waals surface area contributed by atoms with E-state index in [0.29, 0.717) is 21.5 Å². The molecule has 3 aromatic rings. The minimum absolute atomic E-state index is 0.179. The van der Waals surface area contributed by atoms with E-state index in [9.17, 15) is 4.79 Å². The van der Waals surface area contributed by atoms with Crippen LogP contribution in [0.25, 0.3) is 10.2 Å². The Bertz CT molecular complexity index is 859. The molecule has 1 N–H and O–H groups in total. The molecule has 0 aliphatic carbocycles. The molecule has 1 aliphatic rings. The molecular weight excluding hydrogens is 322 g/mol. The molecule has 0 bridgehead atoms. The van der Waals surface area contributed by atoms with Gasteiger partial charge in [-0.1, -0.05) is 11.3 Å². The molecule has 0 spiro atoms. The van der Waals surface area contributed by atoms with Gasteiger partial charge in [-0.15, -0.1) is 11.3 Å². The number of aryl methyl sites for hydroxylation is 2. The lowest BCUT2D eigenvalue weighted by atomic mass is 10.3. The van der Waals surface area contributed by atoms with Crippen molar-refractivity contribution in [2.75, 3.05) is 12.1 Å². The van der Waals surface area contributed by atoms with Gasteiger partial charge >= 0.3 is 0 Å². The molecule has 1 aliphatic heterocycles. The first kappa shape index (κ1) is 13.5. The van der Waals surface area contributed by atoms with Gasteiger partial charge in [-0.25, -0.2) is 9.97 Å². The summed E-state index contributed by atoms with van der Waals surface area (Å²) in [5.74, 6) is 1.22. The molecule has 2 aromatic heterocycles. The van der Waals surface area contributed by atoms with Crippen LogP contribution in [0.5, 0.6) is 11.5 Å². The quantitative estimate of drug-likeness (QED) is 0.778. The normalized spacial score (nSPS) is 12.8. The number of nitrogens with zero attached hydrogens (tertiary/aromatic N) is 2. The largest absolute Gasteiger partial charge is 0.454 e. The molecule has 4 rings (SSSR count). The highest BCUT2D eigenvalue weighted by molar-refractivity contribution is 7.22. The maximum atomic E-state index is 12.3. The summed E-state index contributed by atoms with van der Waals surface area (Å²) in [6.07, 6.45) is 0. The van der Waals surface area contributed by atoms with Crippen LogP contribution in [0.2, 0.25) is 0 Å². The highest BCUT2D eigenvalue weighted by atomic mass is 32.1. The minimum Gasteiger partial charge on any atom is -0.454 e. The Kier molecular flexibility index (Phi) is 3.02. The number of carbonyl (C=O) groups is 1. The van der Waals surface area contributed by atoms with Crippen molar-refractivity contribution < 1.29 is 14.3 Å². The predicted octanol–water partition coefficient (Wildman–Crippen LogP) is 3.35. The van der Waals surface area contributed by atoms with Gasteiger partial charge in [0.2, 0.25) is 6.79 Å². The number of ether oxygens (including phenoxy) is 2. The zero-order valence-corrected chi connectivity index (χ0v) is 13.4. The number of amides is 1. The maximum Gasteiger partial charge on any atom is 0.269 e. The van der Waals surface area contributed by atoms with Crippen LogP contribution in [0.15, 0.2) is 12.1 Å². The number of carbonyl (C=O) groups excluding carboxylic acids is 1. The number of thiazole rings is 2. The van der Waals surface area contributed by atoms with Crippen molar-refractivity contribution in [1.29, 1.82) is 0 Å². The molecule has 3 heterocycles. The summed E-state index contributed by atoms with van der Waals surface area (Å²) in [4.78, 5) is 21.6. The van der Waals surface area contributed by atoms with Crippen LogP contribution in [-0.4, -0.2) is 22.7 Å². The molecular formula is C14H11N3O3S2. The standard InChI is InChI=1S/C14H11N3O3S2/c1-6-12(21-7(2)15-6)13(18)17-14-16-8-3-9-10(20-5-19-9)4-11(8)22-14/h3-4H,5H2,1-2H3,(H,16,17,18). The van der Waals surface area contributed by atoms with Crippen molar-refractivity contribution in [3.05, 3.63) is 27.7 Å². The van der Waals surface area contributed by atoms with E-state index < -0.39 is 0 Å². The molecule has 112 valence electrons. The molecule has 1 aromatic carbocycles. The van der Waals surface area contributed by atoms with Crippen molar-refractivity contribution in [3.63, 3.8) is 0 Å². The number of nitrogens with one attached hydrogen (secondary N) is 1. The van der Waals surface area contributed by atoms with Crippen LogP contribution in [-0.2, 0) is 0 Å². The third kappa shape index (κ3) is 2.20. The molecule has 0 radical (unpaired) electrons. The summed E-state index contributed by atoms with van der Waals surface area (Å²) in [6, 6.07) is 3.71. The van der Waals surface area contributed by atoms with Gasteiger partial charge in [0.05, 0.1) is 20.9 Å². The Labute approximate surface area is 133 Å². The topological polar surface area (TPSA) is 73.3 Å². The first-order valence-corrected chi connectivity index (χ1v) is 8.19. The van der Waals surface area contributed by atoms with Crippen LogP contribution in [0.3, 0.4) is 0 Å². The van der Waals surface area contributed by atoms with E-state index in [4.69, 9.17) is 9.47 Å². The molecule has 0 saturated heterocycles. The van der Waals surface area contributed by atoms with Crippen LogP contribution < -0.4 is 14.8 Å². The fourth-order valence-corrected chi connectivity index (χ4v) is 3.95. The van der Waals surface area contributed by atoms with Crippen molar-refractivity contribution in [2.45, 2.75) is 13.8 Å². The molecule has 22 heavy (non-hydrogen) atoms.